The van der Waals surface area contributed by atoms with Crippen LogP contribution in [0, 0.1) is 18.6 Å². The lowest BCUT2D eigenvalue weighted by Crippen LogP contribution is -2.18. The van der Waals surface area contributed by atoms with Crippen LogP contribution in [0.2, 0.25) is 0 Å². The summed E-state index contributed by atoms with van der Waals surface area (Å²) >= 11 is 0. The van der Waals surface area contributed by atoms with E-state index in [4.69, 9.17) is 4.42 Å². The van der Waals surface area contributed by atoms with E-state index in [2.05, 4.69) is 12.2 Å². The lowest BCUT2D eigenvalue weighted by Gasteiger charge is -2.10. The maximum atomic E-state index is 14.0. The van der Waals surface area contributed by atoms with E-state index in [9.17, 15) is 8.78 Å². The van der Waals surface area contributed by atoms with E-state index in [-0.39, 0.29) is 17.4 Å². The Labute approximate surface area is 117 Å². The summed E-state index contributed by atoms with van der Waals surface area (Å²) in [5.74, 6) is -0.277. The second kappa shape index (κ2) is 6.18. The molecule has 108 valence electrons. The molecule has 1 heterocycles. The summed E-state index contributed by atoms with van der Waals surface area (Å²) in [4.78, 5) is 0. The SMILES string of the molecule is CCCNC(C)c1ccc(-c2c(F)ccc(C)c2F)o1. The Kier molecular flexibility index (Phi) is 4.55. The van der Waals surface area contributed by atoms with Crippen LogP contribution in [0.5, 0.6) is 0 Å². The first-order chi connectivity index (χ1) is 9.54. The highest BCUT2D eigenvalue weighted by Crippen LogP contribution is 2.31. The molecule has 0 radical (unpaired) electrons. The largest absolute Gasteiger partial charge is 0.459 e. The number of nitrogens with one attached hydrogen (secondary N) is 1. The number of hydrogen-bond acceptors (Lipinski definition) is 2. The highest BCUT2D eigenvalue weighted by Gasteiger charge is 2.18. The van der Waals surface area contributed by atoms with Gasteiger partial charge in [-0.05, 0) is 50.6 Å². The van der Waals surface area contributed by atoms with Crippen molar-refractivity contribution < 1.29 is 13.2 Å². The average Bonchev–Trinajstić information content (AvgIpc) is 2.90. The first-order valence-corrected chi connectivity index (χ1v) is 6.82. The molecule has 20 heavy (non-hydrogen) atoms. The van der Waals surface area contributed by atoms with E-state index in [0.29, 0.717) is 11.3 Å². The zero-order chi connectivity index (χ0) is 14.7. The summed E-state index contributed by atoms with van der Waals surface area (Å²) in [6, 6.07) is 6.06. The van der Waals surface area contributed by atoms with E-state index in [1.807, 2.05) is 6.92 Å². The second-order valence-electron chi connectivity index (χ2n) is 4.93. The topological polar surface area (TPSA) is 25.2 Å². The first kappa shape index (κ1) is 14.7. The van der Waals surface area contributed by atoms with Gasteiger partial charge in [0.25, 0.3) is 0 Å². The zero-order valence-electron chi connectivity index (χ0n) is 12.0. The van der Waals surface area contributed by atoms with E-state index in [1.54, 1.807) is 19.1 Å². The third-order valence-corrected chi connectivity index (χ3v) is 3.28. The number of benzene rings is 1. The summed E-state index contributed by atoms with van der Waals surface area (Å²) in [6.07, 6.45) is 1.01. The van der Waals surface area contributed by atoms with Gasteiger partial charge in [-0.3, -0.25) is 0 Å². The molecule has 4 heteroatoms. The molecule has 0 aliphatic rings. The average molecular weight is 279 g/mol. The van der Waals surface area contributed by atoms with Crippen LogP contribution in [0.1, 0.15) is 37.6 Å². The molecular weight excluding hydrogens is 260 g/mol. The van der Waals surface area contributed by atoms with Gasteiger partial charge in [-0.1, -0.05) is 13.0 Å². The van der Waals surface area contributed by atoms with E-state index in [1.165, 1.54) is 12.1 Å². The van der Waals surface area contributed by atoms with Gasteiger partial charge in [0.05, 0.1) is 11.6 Å². The maximum absolute atomic E-state index is 14.0. The van der Waals surface area contributed by atoms with Crippen molar-refractivity contribution in [3.05, 3.63) is 47.2 Å². The Balaban J connectivity index is 2.32. The van der Waals surface area contributed by atoms with Crippen molar-refractivity contribution in [2.45, 2.75) is 33.2 Å². The first-order valence-electron chi connectivity index (χ1n) is 6.82. The molecule has 0 fully saturated rings. The minimum Gasteiger partial charge on any atom is -0.459 e. The van der Waals surface area contributed by atoms with Crippen LogP contribution in [0.15, 0.2) is 28.7 Å². The van der Waals surface area contributed by atoms with Gasteiger partial charge in [-0.2, -0.15) is 0 Å². The van der Waals surface area contributed by atoms with Crippen LogP contribution in [0.4, 0.5) is 8.78 Å². The molecule has 1 aromatic heterocycles. The van der Waals surface area contributed by atoms with Gasteiger partial charge < -0.3 is 9.73 Å². The fourth-order valence-electron chi connectivity index (χ4n) is 2.06. The van der Waals surface area contributed by atoms with Gasteiger partial charge >= 0.3 is 0 Å². The van der Waals surface area contributed by atoms with Gasteiger partial charge in [0, 0.05) is 0 Å². The van der Waals surface area contributed by atoms with Crippen molar-refractivity contribution in [3.63, 3.8) is 0 Å². The van der Waals surface area contributed by atoms with Crippen molar-refractivity contribution in [2.75, 3.05) is 6.54 Å². The molecule has 0 aliphatic carbocycles. The molecule has 0 aliphatic heterocycles. The summed E-state index contributed by atoms with van der Waals surface area (Å²) in [5, 5.41) is 3.27. The lowest BCUT2D eigenvalue weighted by atomic mass is 10.1. The molecule has 0 spiro atoms. The van der Waals surface area contributed by atoms with Crippen LogP contribution in [0.25, 0.3) is 11.3 Å². The fraction of sp³-hybridized carbons (Fsp3) is 0.375. The van der Waals surface area contributed by atoms with Gasteiger partial charge in [0.15, 0.2) is 0 Å². The minimum absolute atomic E-state index is 0.0135. The summed E-state index contributed by atoms with van der Waals surface area (Å²) in [6.45, 7) is 6.50. The summed E-state index contributed by atoms with van der Waals surface area (Å²) in [7, 11) is 0. The van der Waals surface area contributed by atoms with Crippen LogP contribution < -0.4 is 5.32 Å². The van der Waals surface area contributed by atoms with Crippen LogP contribution >= 0.6 is 0 Å². The third-order valence-electron chi connectivity index (χ3n) is 3.28. The standard InChI is InChI=1S/C16H19F2NO/c1-4-9-19-11(3)13-7-8-14(20-13)15-12(17)6-5-10(2)16(15)18/h5-8,11,19H,4,9H2,1-3H3. The Morgan fingerprint density at radius 2 is 1.95 bits per heavy atom. The maximum Gasteiger partial charge on any atom is 0.140 e. The highest BCUT2D eigenvalue weighted by molar-refractivity contribution is 5.60. The van der Waals surface area contributed by atoms with Gasteiger partial charge in [0.2, 0.25) is 0 Å². The quantitative estimate of drug-likeness (QED) is 0.865. The number of hydrogen-bond donors (Lipinski definition) is 1. The van der Waals surface area contributed by atoms with E-state index in [0.717, 1.165) is 13.0 Å². The molecule has 1 atom stereocenters. The van der Waals surface area contributed by atoms with Crippen molar-refractivity contribution in [3.8, 4) is 11.3 Å². The molecular formula is C16H19F2NO. The number of rotatable bonds is 5. The number of furan rings is 1. The van der Waals surface area contributed by atoms with Crippen molar-refractivity contribution in [1.29, 1.82) is 0 Å². The van der Waals surface area contributed by atoms with Crippen molar-refractivity contribution in [2.24, 2.45) is 0 Å². The smallest absolute Gasteiger partial charge is 0.140 e. The third kappa shape index (κ3) is 2.90. The Bertz CT molecular complexity index is 592. The predicted octanol–water partition coefficient (Wildman–Crippen LogP) is 4.59. The van der Waals surface area contributed by atoms with Gasteiger partial charge in [-0.25, -0.2) is 8.78 Å². The lowest BCUT2D eigenvalue weighted by molar-refractivity contribution is 0.435. The molecule has 1 aromatic carbocycles. The molecule has 2 aromatic rings. The summed E-state index contributed by atoms with van der Waals surface area (Å²) < 4.78 is 33.5. The van der Waals surface area contributed by atoms with Crippen molar-refractivity contribution in [1.82, 2.24) is 5.32 Å². The molecule has 1 unspecified atom stereocenters. The van der Waals surface area contributed by atoms with Crippen LogP contribution in [0.3, 0.4) is 0 Å². The van der Waals surface area contributed by atoms with Gasteiger partial charge in [-0.15, -0.1) is 0 Å². The minimum atomic E-state index is -0.608. The zero-order valence-corrected chi connectivity index (χ0v) is 12.0. The van der Waals surface area contributed by atoms with E-state index < -0.39 is 11.6 Å². The second-order valence-corrected chi connectivity index (χ2v) is 4.93. The summed E-state index contributed by atoms with van der Waals surface area (Å²) in [5.41, 5.74) is 0.301. The molecule has 0 bridgehead atoms. The Hall–Kier alpha value is -1.68. The molecule has 2 nitrogen and oxygen atoms in total. The predicted molar refractivity (Wildman–Crippen MR) is 75.5 cm³/mol. The molecule has 0 saturated heterocycles. The molecule has 0 amide bonds. The van der Waals surface area contributed by atoms with Crippen LogP contribution in [-0.4, -0.2) is 6.54 Å². The number of halogens is 2. The Morgan fingerprint density at radius 3 is 2.65 bits per heavy atom. The molecule has 1 N–H and O–H groups in total. The monoisotopic (exact) mass is 279 g/mol. The molecule has 2 rings (SSSR count). The molecule has 0 saturated carbocycles. The Morgan fingerprint density at radius 1 is 1.20 bits per heavy atom. The van der Waals surface area contributed by atoms with Gasteiger partial charge in [0.1, 0.15) is 23.2 Å². The van der Waals surface area contributed by atoms with Crippen molar-refractivity contribution >= 4 is 0 Å². The van der Waals surface area contributed by atoms with Crippen LogP contribution in [-0.2, 0) is 0 Å². The normalized spacial score (nSPS) is 12.7. The van der Waals surface area contributed by atoms with E-state index >= 15 is 0 Å². The highest BCUT2D eigenvalue weighted by atomic mass is 19.1. The number of aryl methyl sites for hydroxylation is 1. The fourth-order valence-corrected chi connectivity index (χ4v) is 2.06.